The maximum atomic E-state index is 4.98. The van der Waals surface area contributed by atoms with Crippen LogP contribution in [0.5, 0.6) is 0 Å². The molecular weight excluding hydrogens is 255 g/mol. The zero-order valence-electron chi connectivity index (χ0n) is 2.83. The monoisotopic (exact) mass is 253 g/mol. The van der Waals surface area contributed by atoms with Crippen molar-refractivity contribution in [3.8, 4) is 0 Å². The summed E-state index contributed by atoms with van der Waals surface area (Å²) < 4.78 is 0. The molecule has 0 unspecified atom stereocenters. The van der Waals surface area contributed by atoms with Gasteiger partial charge in [0.1, 0.15) is 0 Å². The molecule has 6 heavy (non-hydrogen) atoms. The molecule has 0 aromatic carbocycles. The molecule has 0 aromatic rings. The summed E-state index contributed by atoms with van der Waals surface area (Å²) in [7, 11) is 19.9. The first kappa shape index (κ1) is 11.2. The van der Waals surface area contributed by atoms with Crippen LogP contribution < -0.4 is 18.9 Å². The molecule has 0 heterocycles. The van der Waals surface area contributed by atoms with E-state index in [1.54, 1.807) is 0 Å². The quantitative estimate of drug-likeness (QED) is 0.524. The molecule has 0 bridgehead atoms. The number of rotatable bonds is 0. The largest absolute Gasteiger partial charge is 1.00 e. The van der Waals surface area contributed by atoms with E-state index in [0.29, 0.717) is 0 Å². The molecule has 0 nitrogen and oxygen atoms in total. The molecule has 0 aromatic heterocycles. The van der Waals surface area contributed by atoms with Gasteiger partial charge in [0, 0.05) is 0 Å². The Morgan fingerprint density at radius 1 is 0.833 bits per heavy atom. The van der Waals surface area contributed by atoms with Gasteiger partial charge in [0.15, 0.2) is 0 Å². The first-order valence-corrected chi connectivity index (χ1v) is 8.49. The van der Waals surface area contributed by atoms with Crippen molar-refractivity contribution in [1.29, 1.82) is 0 Å². The van der Waals surface area contributed by atoms with Gasteiger partial charge < -0.3 is 0 Å². The van der Waals surface area contributed by atoms with Crippen molar-refractivity contribution in [1.82, 2.24) is 0 Å². The predicted octanol–water partition coefficient (Wildman–Crippen LogP) is -0.241. The average Bonchev–Trinajstić information content (AvgIpc) is 0.722. The summed E-state index contributed by atoms with van der Waals surface area (Å²) in [5.41, 5.74) is 0. The number of hydrogen-bond donors (Lipinski definition) is 0. The smallest absolute Gasteiger partial charge is 1.00 e. The van der Waals surface area contributed by atoms with Crippen molar-refractivity contribution in [2.45, 2.75) is 0 Å². The second-order valence-corrected chi connectivity index (χ2v) is 14.4. The normalized spacial score (nSPS) is 12.7. The molecule has 0 radical (unpaired) electrons. The first-order valence-electron chi connectivity index (χ1n) is 0.478. The van der Waals surface area contributed by atoms with E-state index in [4.69, 9.17) is 38.1 Å². The van der Waals surface area contributed by atoms with E-state index < -0.39 is 11.5 Å². The van der Waals surface area contributed by atoms with Crippen molar-refractivity contribution in [2.75, 3.05) is 0 Å². The van der Waals surface area contributed by atoms with Gasteiger partial charge in [-0.1, -0.05) is 0 Å². The second-order valence-electron chi connectivity index (χ2n) is 0.271. The summed E-state index contributed by atoms with van der Waals surface area (Å²) in [6, 6.07) is 0. The topological polar surface area (TPSA) is 0 Å². The third-order valence-corrected chi connectivity index (χ3v) is 0. The van der Waals surface area contributed by atoms with Crippen LogP contribution in [0.2, 0.25) is 0 Å². The van der Waals surface area contributed by atoms with Gasteiger partial charge in [-0.2, -0.15) is 0 Å². The van der Waals surface area contributed by atoms with Crippen molar-refractivity contribution in [2.24, 2.45) is 0 Å². The molecule has 0 N–H and O–H groups in total. The fourth-order valence-electron chi connectivity index (χ4n) is 0. The van der Waals surface area contributed by atoms with Gasteiger partial charge in [-0.25, -0.2) is 0 Å². The molecule has 0 saturated heterocycles. The molecule has 6 heteroatoms. The molecule has 0 rings (SSSR count). The maximum absolute atomic E-state index is 4.98. The minimum atomic E-state index is -2.81. The fraction of sp³-hybridized carbons (Fsp3) is 0. The van der Waals surface area contributed by atoms with E-state index in [0.717, 1.165) is 0 Å². The second kappa shape index (κ2) is 4.31. The predicted molar refractivity (Wildman–Crippen MR) is 23.4 cm³/mol. The Bertz CT molecular complexity index is 23.0. The van der Waals surface area contributed by atoms with Crippen LogP contribution in [0.1, 0.15) is 0 Å². The van der Waals surface area contributed by atoms with E-state index in [9.17, 15) is 0 Å². The maximum Gasteiger partial charge on any atom is 1.00 e. The Labute approximate surface area is 67.6 Å². The summed E-state index contributed by atoms with van der Waals surface area (Å²) in [6.45, 7) is 0. The molecule has 39 valence electrons. The summed E-state index contributed by atoms with van der Waals surface area (Å²) in [4.78, 5) is 0. The van der Waals surface area contributed by atoms with E-state index >= 15 is 0 Å². The van der Waals surface area contributed by atoms with Crippen LogP contribution in [0.4, 0.5) is 0 Å². The van der Waals surface area contributed by atoms with Crippen molar-refractivity contribution in [3.05, 3.63) is 0 Å². The Balaban J connectivity index is 0. The molecule has 0 amide bonds. The average molecular weight is 255 g/mol. The Kier molecular flexibility index (Phi) is 8.09. The summed E-state index contributed by atoms with van der Waals surface area (Å²) >= 11 is -2.81. The molecule has 0 spiro atoms. The van der Waals surface area contributed by atoms with Crippen LogP contribution >= 0.6 is 38.1 Å². The van der Waals surface area contributed by atoms with Crippen LogP contribution in [-0.4, -0.2) is 0 Å². The SMILES string of the molecule is [Cl][Pd-]([Cl])([Cl])[Cl].[Li+]. The van der Waals surface area contributed by atoms with Crippen molar-refractivity contribution >= 4 is 38.1 Å². The summed E-state index contributed by atoms with van der Waals surface area (Å²) in [5.74, 6) is 0. The standard InChI is InChI=1S/4ClH.Li.Pd/h4*1H;;/q;;;;+1;+3/p-4. The molecular formula is Cl4LiPd. The van der Waals surface area contributed by atoms with Crippen LogP contribution in [0.15, 0.2) is 0 Å². The van der Waals surface area contributed by atoms with E-state index in [-0.39, 0.29) is 18.9 Å². The Hall–Kier alpha value is 2.42. The fourth-order valence-corrected chi connectivity index (χ4v) is 0. The summed E-state index contributed by atoms with van der Waals surface area (Å²) in [6.07, 6.45) is 0. The van der Waals surface area contributed by atoms with Crippen LogP contribution in [0, 0.1) is 0 Å². The molecule has 0 aliphatic carbocycles. The Morgan fingerprint density at radius 2 is 0.833 bits per heavy atom. The third-order valence-electron chi connectivity index (χ3n) is 0. The zero-order chi connectivity index (χ0) is 4.50. The minimum Gasteiger partial charge on any atom is 1.00 e. The van der Waals surface area contributed by atoms with Gasteiger partial charge in [-0.05, 0) is 0 Å². The van der Waals surface area contributed by atoms with Gasteiger partial charge in [0.2, 0.25) is 0 Å². The molecule has 0 fully saturated rings. The van der Waals surface area contributed by atoms with Crippen molar-refractivity contribution < 1.29 is 30.3 Å². The summed E-state index contributed by atoms with van der Waals surface area (Å²) in [5, 5.41) is 0. The van der Waals surface area contributed by atoms with E-state index in [2.05, 4.69) is 0 Å². The zero-order valence-corrected chi connectivity index (χ0v) is 7.41. The Morgan fingerprint density at radius 3 is 0.833 bits per heavy atom. The van der Waals surface area contributed by atoms with Gasteiger partial charge >= 0.3 is 68.4 Å². The van der Waals surface area contributed by atoms with Gasteiger partial charge in [-0.15, -0.1) is 0 Å². The molecule has 0 aliphatic rings. The molecule has 0 saturated carbocycles. The number of hydrogen-bond acceptors (Lipinski definition) is 0. The van der Waals surface area contributed by atoms with Crippen LogP contribution in [0.25, 0.3) is 0 Å². The third kappa shape index (κ3) is 32.2. The van der Waals surface area contributed by atoms with Crippen molar-refractivity contribution in [3.63, 3.8) is 0 Å². The van der Waals surface area contributed by atoms with Gasteiger partial charge in [0.05, 0.1) is 0 Å². The van der Waals surface area contributed by atoms with E-state index in [1.807, 2.05) is 0 Å². The van der Waals surface area contributed by atoms with Crippen LogP contribution in [0.3, 0.4) is 0 Å². The minimum absolute atomic E-state index is 0. The van der Waals surface area contributed by atoms with Gasteiger partial charge in [-0.3, -0.25) is 0 Å². The number of halogens is 4. The van der Waals surface area contributed by atoms with Gasteiger partial charge in [0.25, 0.3) is 0 Å². The van der Waals surface area contributed by atoms with E-state index in [1.165, 1.54) is 0 Å². The molecule has 0 atom stereocenters. The van der Waals surface area contributed by atoms with Crippen LogP contribution in [-0.2, 0) is 11.5 Å². The first-order chi connectivity index (χ1) is 2.00. The molecule has 0 aliphatic heterocycles.